The highest BCUT2D eigenvalue weighted by Crippen LogP contribution is 2.26. The first-order valence-electron chi connectivity index (χ1n) is 7.63. The monoisotopic (exact) mass is 362 g/mol. The Kier molecular flexibility index (Phi) is 4.34. The number of hydrogen-bond acceptors (Lipinski definition) is 6. The SMILES string of the molecule is Cc1noc(C)c1CNC(=O)CN(C)C1=NS(=O)(=O)c2ccccc21. The van der Waals surface area contributed by atoms with Gasteiger partial charge in [0.1, 0.15) is 10.7 Å². The molecule has 3 rings (SSSR count). The molecule has 0 aliphatic carbocycles. The van der Waals surface area contributed by atoms with Crippen LogP contribution in [0.15, 0.2) is 38.1 Å². The summed E-state index contributed by atoms with van der Waals surface area (Å²) in [5.74, 6) is 0.668. The summed E-state index contributed by atoms with van der Waals surface area (Å²) in [6.07, 6.45) is 0. The summed E-state index contributed by atoms with van der Waals surface area (Å²) in [7, 11) is -2.07. The van der Waals surface area contributed by atoms with E-state index in [0.717, 1.165) is 11.3 Å². The number of amidine groups is 1. The van der Waals surface area contributed by atoms with Crippen LogP contribution in [0.1, 0.15) is 22.6 Å². The van der Waals surface area contributed by atoms with Gasteiger partial charge in [-0.05, 0) is 26.0 Å². The Morgan fingerprint density at radius 2 is 2.00 bits per heavy atom. The second-order valence-corrected chi connectivity index (χ2v) is 7.39. The summed E-state index contributed by atoms with van der Waals surface area (Å²) in [4.78, 5) is 13.9. The molecule has 1 N–H and O–H groups in total. The number of aromatic nitrogens is 1. The summed E-state index contributed by atoms with van der Waals surface area (Å²) in [6.45, 7) is 3.86. The molecule has 1 aliphatic rings. The number of nitrogens with one attached hydrogen (secondary N) is 1. The number of benzene rings is 1. The molecule has 0 saturated carbocycles. The van der Waals surface area contributed by atoms with Crippen molar-refractivity contribution in [2.24, 2.45) is 4.40 Å². The van der Waals surface area contributed by atoms with Crippen LogP contribution < -0.4 is 5.32 Å². The molecule has 2 aromatic rings. The number of hydrogen-bond donors (Lipinski definition) is 1. The second-order valence-electron chi connectivity index (χ2n) is 5.82. The Balaban J connectivity index is 1.69. The first-order chi connectivity index (χ1) is 11.8. The van der Waals surface area contributed by atoms with Crippen molar-refractivity contribution in [3.8, 4) is 0 Å². The van der Waals surface area contributed by atoms with Crippen LogP contribution in [0.5, 0.6) is 0 Å². The number of nitrogens with zero attached hydrogens (tertiary/aromatic N) is 3. The van der Waals surface area contributed by atoms with Crippen LogP contribution in [0.25, 0.3) is 0 Å². The zero-order valence-corrected chi connectivity index (χ0v) is 14.9. The molecule has 0 spiro atoms. The van der Waals surface area contributed by atoms with Crippen molar-refractivity contribution in [2.45, 2.75) is 25.3 Å². The number of rotatable bonds is 4. The predicted octanol–water partition coefficient (Wildman–Crippen LogP) is 0.989. The van der Waals surface area contributed by atoms with Crippen LogP contribution in [-0.4, -0.2) is 43.8 Å². The third kappa shape index (κ3) is 3.27. The van der Waals surface area contributed by atoms with Crippen LogP contribution in [0.3, 0.4) is 0 Å². The smallest absolute Gasteiger partial charge is 0.285 e. The van der Waals surface area contributed by atoms with Gasteiger partial charge >= 0.3 is 0 Å². The van der Waals surface area contributed by atoms with Crippen molar-refractivity contribution in [1.29, 1.82) is 0 Å². The Morgan fingerprint density at radius 1 is 1.28 bits per heavy atom. The summed E-state index contributed by atoms with van der Waals surface area (Å²) < 4.78 is 33.0. The molecule has 9 heteroatoms. The number of likely N-dealkylation sites (N-methyl/N-ethyl adjacent to an activating group) is 1. The number of aryl methyl sites for hydroxylation is 2. The molecule has 1 amide bonds. The molecule has 0 radical (unpaired) electrons. The molecule has 25 heavy (non-hydrogen) atoms. The van der Waals surface area contributed by atoms with E-state index in [1.807, 2.05) is 0 Å². The van der Waals surface area contributed by atoms with Gasteiger partial charge in [-0.2, -0.15) is 8.42 Å². The first-order valence-corrected chi connectivity index (χ1v) is 9.07. The van der Waals surface area contributed by atoms with Crippen molar-refractivity contribution in [3.05, 3.63) is 46.8 Å². The van der Waals surface area contributed by atoms with Crippen molar-refractivity contribution in [2.75, 3.05) is 13.6 Å². The zero-order chi connectivity index (χ0) is 18.2. The van der Waals surface area contributed by atoms with E-state index in [2.05, 4.69) is 14.9 Å². The molecule has 0 saturated heterocycles. The molecule has 0 fully saturated rings. The highest BCUT2D eigenvalue weighted by atomic mass is 32.2. The van der Waals surface area contributed by atoms with E-state index in [4.69, 9.17) is 4.52 Å². The summed E-state index contributed by atoms with van der Waals surface area (Å²) in [5, 5.41) is 6.62. The van der Waals surface area contributed by atoms with Crippen molar-refractivity contribution < 1.29 is 17.7 Å². The van der Waals surface area contributed by atoms with Gasteiger partial charge in [0.15, 0.2) is 5.84 Å². The molecular formula is C16H18N4O4S. The van der Waals surface area contributed by atoms with Crippen molar-refractivity contribution in [3.63, 3.8) is 0 Å². The second kappa shape index (κ2) is 6.32. The van der Waals surface area contributed by atoms with Crippen LogP contribution in [0.4, 0.5) is 0 Å². The maximum atomic E-state index is 12.2. The predicted molar refractivity (Wildman–Crippen MR) is 90.6 cm³/mol. The Bertz CT molecular complexity index is 943. The quantitative estimate of drug-likeness (QED) is 0.870. The number of amides is 1. The van der Waals surface area contributed by atoms with E-state index in [9.17, 15) is 13.2 Å². The van der Waals surface area contributed by atoms with E-state index in [1.165, 1.54) is 11.0 Å². The molecule has 1 aromatic carbocycles. The van der Waals surface area contributed by atoms with E-state index in [0.29, 0.717) is 17.9 Å². The molecule has 132 valence electrons. The van der Waals surface area contributed by atoms with Crippen LogP contribution in [0.2, 0.25) is 0 Å². The average molecular weight is 362 g/mol. The van der Waals surface area contributed by atoms with Gasteiger partial charge in [0.25, 0.3) is 10.0 Å². The number of sulfonamides is 1. The Labute approximate surface area is 145 Å². The van der Waals surface area contributed by atoms with Gasteiger partial charge in [-0.15, -0.1) is 4.40 Å². The third-order valence-corrected chi connectivity index (χ3v) is 5.32. The largest absolute Gasteiger partial charge is 0.361 e. The molecule has 2 heterocycles. The lowest BCUT2D eigenvalue weighted by molar-refractivity contribution is -0.121. The molecule has 0 bridgehead atoms. The van der Waals surface area contributed by atoms with Gasteiger partial charge in [-0.1, -0.05) is 17.3 Å². The fourth-order valence-corrected chi connectivity index (χ4v) is 3.90. The lowest BCUT2D eigenvalue weighted by Crippen LogP contribution is -2.38. The van der Waals surface area contributed by atoms with E-state index < -0.39 is 10.0 Å². The van der Waals surface area contributed by atoms with Gasteiger partial charge in [-0.3, -0.25) is 4.79 Å². The van der Waals surface area contributed by atoms with Gasteiger partial charge in [0.2, 0.25) is 5.91 Å². The lowest BCUT2D eigenvalue weighted by atomic mass is 10.2. The van der Waals surface area contributed by atoms with Gasteiger partial charge in [0, 0.05) is 24.7 Å². The number of carbonyl (C=O) groups is 1. The van der Waals surface area contributed by atoms with Crippen molar-refractivity contribution >= 4 is 21.8 Å². The zero-order valence-electron chi connectivity index (χ0n) is 14.1. The molecular weight excluding hydrogens is 344 g/mol. The number of fused-ring (bicyclic) bond motifs is 1. The minimum atomic E-state index is -3.70. The molecule has 0 atom stereocenters. The molecule has 8 nitrogen and oxygen atoms in total. The molecule has 0 unspecified atom stereocenters. The van der Waals surface area contributed by atoms with E-state index >= 15 is 0 Å². The Hall–Kier alpha value is -2.68. The lowest BCUT2D eigenvalue weighted by Gasteiger charge is -2.18. The van der Waals surface area contributed by atoms with Crippen LogP contribution in [-0.2, 0) is 21.4 Å². The maximum Gasteiger partial charge on any atom is 0.285 e. The first kappa shape index (κ1) is 17.2. The summed E-state index contributed by atoms with van der Waals surface area (Å²) in [6, 6.07) is 6.56. The highest BCUT2D eigenvalue weighted by molar-refractivity contribution is 7.90. The molecule has 1 aliphatic heterocycles. The molecule has 1 aromatic heterocycles. The van der Waals surface area contributed by atoms with Gasteiger partial charge in [-0.25, -0.2) is 0 Å². The van der Waals surface area contributed by atoms with Crippen LogP contribution >= 0.6 is 0 Å². The summed E-state index contributed by atoms with van der Waals surface area (Å²) >= 11 is 0. The fraction of sp³-hybridized carbons (Fsp3) is 0.312. The van der Waals surface area contributed by atoms with E-state index in [-0.39, 0.29) is 23.2 Å². The summed E-state index contributed by atoms with van der Waals surface area (Å²) in [5.41, 5.74) is 2.07. The average Bonchev–Trinajstić information content (AvgIpc) is 3.03. The topological polar surface area (TPSA) is 105 Å². The minimum Gasteiger partial charge on any atom is -0.361 e. The van der Waals surface area contributed by atoms with Crippen LogP contribution in [0, 0.1) is 13.8 Å². The van der Waals surface area contributed by atoms with Crippen molar-refractivity contribution in [1.82, 2.24) is 15.4 Å². The third-order valence-electron chi connectivity index (χ3n) is 4.00. The standard InChI is InChI=1S/C16H18N4O4S/c1-10-13(11(2)24-18-10)8-17-15(21)9-20(3)16-12-6-4-5-7-14(12)25(22,23)19-16/h4-7H,8-9H2,1-3H3,(H,17,21). The minimum absolute atomic E-state index is 0.0218. The maximum absolute atomic E-state index is 12.2. The fourth-order valence-electron chi connectivity index (χ4n) is 2.65. The highest BCUT2D eigenvalue weighted by Gasteiger charge is 2.30. The number of carbonyl (C=O) groups excluding carboxylic acids is 1. The Morgan fingerprint density at radius 3 is 2.68 bits per heavy atom. The van der Waals surface area contributed by atoms with Gasteiger partial charge in [0.05, 0.1) is 12.2 Å². The van der Waals surface area contributed by atoms with Gasteiger partial charge < -0.3 is 14.7 Å². The normalized spacial score (nSPS) is 14.8. The van der Waals surface area contributed by atoms with E-state index in [1.54, 1.807) is 39.1 Å².